The lowest BCUT2D eigenvalue weighted by molar-refractivity contribution is 0.166. The molecule has 18 heavy (non-hydrogen) atoms. The quantitative estimate of drug-likeness (QED) is 0.804. The van der Waals surface area contributed by atoms with Gasteiger partial charge in [-0.25, -0.2) is 0 Å². The molecule has 0 saturated heterocycles. The molecule has 0 spiro atoms. The van der Waals surface area contributed by atoms with Gasteiger partial charge in [0.05, 0.1) is 13.7 Å². The van der Waals surface area contributed by atoms with Crippen molar-refractivity contribution in [1.82, 2.24) is 10.3 Å². The largest absolute Gasteiger partial charge is 0.496 e. The molecule has 1 aromatic rings. The van der Waals surface area contributed by atoms with Crippen molar-refractivity contribution in [2.24, 2.45) is 0 Å². The zero-order chi connectivity index (χ0) is 13.5. The van der Waals surface area contributed by atoms with Crippen LogP contribution >= 0.6 is 0 Å². The molecular weight excluding hydrogens is 228 g/mol. The number of hydrogen-bond acceptors (Lipinski definition) is 4. The van der Waals surface area contributed by atoms with Crippen LogP contribution in [0.4, 0.5) is 0 Å². The second-order valence-electron chi connectivity index (χ2n) is 4.53. The number of rotatable bonds is 7. The number of nitrogens with zero attached hydrogens (tertiary/aromatic N) is 1. The number of likely N-dealkylation sites (N-methyl/N-ethyl adjacent to an activating group) is 1. The summed E-state index contributed by atoms with van der Waals surface area (Å²) in [6.45, 7) is 4.81. The third-order valence-electron chi connectivity index (χ3n) is 3.26. The minimum atomic E-state index is 0.364. The van der Waals surface area contributed by atoms with Gasteiger partial charge in [0.25, 0.3) is 0 Å². The number of methoxy groups -OCH3 is 2. The Morgan fingerprint density at radius 2 is 2.06 bits per heavy atom. The second kappa shape index (κ2) is 7.34. The number of ether oxygens (including phenoxy) is 2. The molecule has 4 nitrogen and oxygen atoms in total. The van der Waals surface area contributed by atoms with E-state index in [0.717, 1.165) is 42.0 Å². The van der Waals surface area contributed by atoms with E-state index in [0.29, 0.717) is 6.04 Å². The summed E-state index contributed by atoms with van der Waals surface area (Å²) in [4.78, 5) is 4.50. The van der Waals surface area contributed by atoms with Gasteiger partial charge in [0, 0.05) is 36.2 Å². The molecule has 102 valence electrons. The van der Waals surface area contributed by atoms with E-state index in [1.807, 2.05) is 20.2 Å². The number of aromatic nitrogens is 1. The van der Waals surface area contributed by atoms with Gasteiger partial charge in [0.1, 0.15) is 5.75 Å². The second-order valence-corrected chi connectivity index (χ2v) is 4.53. The lowest BCUT2D eigenvalue weighted by atomic mass is 10.0. The Labute approximate surface area is 110 Å². The van der Waals surface area contributed by atoms with Crippen LogP contribution in [0.1, 0.15) is 23.2 Å². The third kappa shape index (κ3) is 3.68. The Morgan fingerprint density at radius 1 is 1.33 bits per heavy atom. The van der Waals surface area contributed by atoms with Gasteiger partial charge >= 0.3 is 0 Å². The molecule has 0 aliphatic rings. The summed E-state index contributed by atoms with van der Waals surface area (Å²) in [5, 5.41) is 3.25. The summed E-state index contributed by atoms with van der Waals surface area (Å²) >= 11 is 0. The van der Waals surface area contributed by atoms with E-state index in [1.54, 1.807) is 14.2 Å². The molecule has 0 aliphatic heterocycles. The fraction of sp³-hybridized carbons (Fsp3) is 0.643. The van der Waals surface area contributed by atoms with Crippen molar-refractivity contribution in [3.05, 3.63) is 23.0 Å². The van der Waals surface area contributed by atoms with Gasteiger partial charge in [0.15, 0.2) is 0 Å². The molecule has 0 radical (unpaired) electrons. The Morgan fingerprint density at radius 3 is 2.61 bits per heavy atom. The average Bonchev–Trinajstić information content (AvgIpc) is 2.37. The minimum absolute atomic E-state index is 0.364. The maximum atomic E-state index is 5.42. The van der Waals surface area contributed by atoms with Crippen molar-refractivity contribution < 1.29 is 9.47 Å². The fourth-order valence-corrected chi connectivity index (χ4v) is 2.15. The number of nitrogens with one attached hydrogen (secondary N) is 1. The van der Waals surface area contributed by atoms with Crippen molar-refractivity contribution in [3.8, 4) is 5.75 Å². The topological polar surface area (TPSA) is 43.4 Å². The maximum Gasteiger partial charge on any atom is 0.128 e. The fourth-order valence-electron chi connectivity index (χ4n) is 2.15. The zero-order valence-corrected chi connectivity index (χ0v) is 12.0. The van der Waals surface area contributed by atoms with Crippen LogP contribution in [0.25, 0.3) is 0 Å². The third-order valence-corrected chi connectivity index (χ3v) is 3.26. The molecule has 1 N–H and O–H groups in total. The average molecular weight is 252 g/mol. The Bertz CT molecular complexity index is 380. The molecule has 0 amide bonds. The summed E-state index contributed by atoms with van der Waals surface area (Å²) in [7, 11) is 5.39. The minimum Gasteiger partial charge on any atom is -0.496 e. The van der Waals surface area contributed by atoms with Crippen LogP contribution in [-0.2, 0) is 11.2 Å². The van der Waals surface area contributed by atoms with E-state index >= 15 is 0 Å². The number of aryl methyl sites for hydroxylation is 2. The lowest BCUT2D eigenvalue weighted by Gasteiger charge is -2.16. The first-order chi connectivity index (χ1) is 8.63. The van der Waals surface area contributed by atoms with Crippen LogP contribution in [0, 0.1) is 13.8 Å². The molecule has 4 heteroatoms. The SMILES string of the molecule is CNC(CCc1ncc(C)c(OC)c1C)COC. The molecule has 1 heterocycles. The maximum absolute atomic E-state index is 5.42. The van der Waals surface area contributed by atoms with Crippen LogP contribution in [0.3, 0.4) is 0 Å². The molecule has 1 atom stereocenters. The summed E-state index contributed by atoms with van der Waals surface area (Å²) in [5.41, 5.74) is 3.33. The van der Waals surface area contributed by atoms with Crippen LogP contribution in [0.15, 0.2) is 6.20 Å². The standard InChI is InChI=1S/C14H24N2O2/c1-10-8-16-13(11(2)14(10)18-5)7-6-12(15-3)9-17-4/h8,12,15H,6-7,9H2,1-5H3. The van der Waals surface area contributed by atoms with E-state index in [9.17, 15) is 0 Å². The van der Waals surface area contributed by atoms with Crippen LogP contribution in [-0.4, -0.2) is 38.9 Å². The highest BCUT2D eigenvalue weighted by Gasteiger charge is 2.12. The predicted octanol–water partition coefficient (Wildman–Crippen LogP) is 1.87. The zero-order valence-electron chi connectivity index (χ0n) is 12.0. The number of hydrogen-bond donors (Lipinski definition) is 1. The summed E-state index contributed by atoms with van der Waals surface area (Å²) in [5.74, 6) is 0.952. The Kier molecular flexibility index (Phi) is 6.09. The summed E-state index contributed by atoms with van der Waals surface area (Å²) in [6, 6.07) is 0.364. The highest BCUT2D eigenvalue weighted by molar-refractivity contribution is 5.41. The normalized spacial score (nSPS) is 12.5. The van der Waals surface area contributed by atoms with Crippen molar-refractivity contribution in [2.75, 3.05) is 27.9 Å². The molecule has 0 bridgehead atoms. The van der Waals surface area contributed by atoms with Crippen LogP contribution < -0.4 is 10.1 Å². The molecule has 0 saturated carbocycles. The Balaban J connectivity index is 2.73. The summed E-state index contributed by atoms with van der Waals surface area (Å²) in [6.07, 6.45) is 3.81. The highest BCUT2D eigenvalue weighted by Crippen LogP contribution is 2.24. The van der Waals surface area contributed by atoms with Crippen LogP contribution in [0.2, 0.25) is 0 Å². The van der Waals surface area contributed by atoms with Gasteiger partial charge in [-0.3, -0.25) is 4.98 Å². The van der Waals surface area contributed by atoms with Crippen molar-refractivity contribution in [2.45, 2.75) is 32.7 Å². The van der Waals surface area contributed by atoms with Gasteiger partial charge in [-0.15, -0.1) is 0 Å². The highest BCUT2D eigenvalue weighted by atomic mass is 16.5. The first-order valence-electron chi connectivity index (χ1n) is 6.29. The van der Waals surface area contributed by atoms with Crippen molar-refractivity contribution in [1.29, 1.82) is 0 Å². The summed E-state index contributed by atoms with van der Waals surface area (Å²) < 4.78 is 10.6. The first kappa shape index (κ1) is 14.9. The predicted molar refractivity (Wildman–Crippen MR) is 73.3 cm³/mol. The molecule has 1 rings (SSSR count). The van der Waals surface area contributed by atoms with E-state index in [4.69, 9.17) is 9.47 Å². The molecule has 0 aromatic carbocycles. The first-order valence-corrected chi connectivity index (χ1v) is 6.29. The van der Waals surface area contributed by atoms with Gasteiger partial charge in [-0.1, -0.05) is 0 Å². The Hall–Kier alpha value is -1.13. The van der Waals surface area contributed by atoms with E-state index < -0.39 is 0 Å². The van der Waals surface area contributed by atoms with Crippen molar-refractivity contribution in [3.63, 3.8) is 0 Å². The monoisotopic (exact) mass is 252 g/mol. The van der Waals surface area contributed by atoms with Gasteiger partial charge in [0.2, 0.25) is 0 Å². The molecular formula is C14H24N2O2. The number of pyridine rings is 1. The molecule has 0 aliphatic carbocycles. The van der Waals surface area contributed by atoms with Gasteiger partial charge in [-0.05, 0) is 33.7 Å². The van der Waals surface area contributed by atoms with E-state index in [-0.39, 0.29) is 0 Å². The van der Waals surface area contributed by atoms with Gasteiger partial charge in [-0.2, -0.15) is 0 Å². The van der Waals surface area contributed by atoms with E-state index in [1.165, 1.54) is 0 Å². The van der Waals surface area contributed by atoms with Crippen molar-refractivity contribution >= 4 is 0 Å². The lowest BCUT2D eigenvalue weighted by Crippen LogP contribution is -2.30. The van der Waals surface area contributed by atoms with Gasteiger partial charge < -0.3 is 14.8 Å². The van der Waals surface area contributed by atoms with Crippen LogP contribution in [0.5, 0.6) is 5.75 Å². The van der Waals surface area contributed by atoms with E-state index in [2.05, 4.69) is 17.2 Å². The molecule has 0 fully saturated rings. The smallest absolute Gasteiger partial charge is 0.128 e. The molecule has 1 aromatic heterocycles. The molecule has 1 unspecified atom stereocenters.